The molecular weight excluding hydrogens is 260 g/mol. The van der Waals surface area contributed by atoms with Gasteiger partial charge in [-0.1, -0.05) is 19.1 Å². The number of nitrogens with one attached hydrogen (secondary N) is 1. The van der Waals surface area contributed by atoms with Gasteiger partial charge >= 0.3 is 0 Å². The Balaban J connectivity index is 1.78. The molecule has 0 saturated carbocycles. The molecule has 2 aromatic rings. The van der Waals surface area contributed by atoms with Crippen molar-refractivity contribution in [2.45, 2.75) is 32.6 Å². The van der Waals surface area contributed by atoms with Crippen molar-refractivity contribution in [3.8, 4) is 0 Å². The van der Waals surface area contributed by atoms with Gasteiger partial charge in [-0.05, 0) is 66.6 Å². The minimum Gasteiger partial charge on any atom is -0.398 e. The van der Waals surface area contributed by atoms with E-state index in [1.165, 1.54) is 17.5 Å². The molecule has 3 N–H and O–H groups in total. The standard InChI is InChI=1S/C18H20N2O/c1-2-12-8-9-16(11-17(12)19)20-18(21)15-7-6-13-4-3-5-14(13)10-15/h6-11H,2-5,19H2,1H3,(H,20,21). The number of anilines is 2. The van der Waals surface area contributed by atoms with Crippen LogP contribution in [0.15, 0.2) is 36.4 Å². The number of amides is 1. The smallest absolute Gasteiger partial charge is 0.255 e. The van der Waals surface area contributed by atoms with Crippen LogP contribution >= 0.6 is 0 Å². The highest BCUT2D eigenvalue weighted by atomic mass is 16.1. The molecule has 1 aliphatic rings. The van der Waals surface area contributed by atoms with Crippen molar-refractivity contribution in [3.63, 3.8) is 0 Å². The lowest BCUT2D eigenvalue weighted by Crippen LogP contribution is -2.12. The van der Waals surface area contributed by atoms with E-state index in [9.17, 15) is 4.79 Å². The monoisotopic (exact) mass is 280 g/mol. The number of benzene rings is 2. The molecule has 0 aliphatic heterocycles. The van der Waals surface area contributed by atoms with Gasteiger partial charge in [-0.3, -0.25) is 4.79 Å². The van der Waals surface area contributed by atoms with Crippen LogP contribution in [-0.2, 0) is 19.3 Å². The summed E-state index contributed by atoms with van der Waals surface area (Å²) in [6, 6.07) is 11.7. The van der Waals surface area contributed by atoms with E-state index < -0.39 is 0 Å². The van der Waals surface area contributed by atoms with Crippen molar-refractivity contribution in [1.82, 2.24) is 0 Å². The van der Waals surface area contributed by atoms with Crippen LogP contribution in [0.4, 0.5) is 11.4 Å². The van der Waals surface area contributed by atoms with Gasteiger partial charge in [0.2, 0.25) is 0 Å². The maximum Gasteiger partial charge on any atom is 0.255 e. The molecule has 1 aliphatic carbocycles. The highest BCUT2D eigenvalue weighted by molar-refractivity contribution is 6.04. The zero-order valence-corrected chi connectivity index (χ0v) is 12.3. The largest absolute Gasteiger partial charge is 0.398 e. The van der Waals surface area contributed by atoms with Gasteiger partial charge in [0, 0.05) is 16.9 Å². The first-order valence-corrected chi connectivity index (χ1v) is 7.49. The molecule has 0 aromatic heterocycles. The van der Waals surface area contributed by atoms with Crippen LogP contribution < -0.4 is 11.1 Å². The van der Waals surface area contributed by atoms with Crippen LogP contribution in [0.3, 0.4) is 0 Å². The maximum absolute atomic E-state index is 12.3. The van der Waals surface area contributed by atoms with Crippen molar-refractivity contribution in [1.29, 1.82) is 0 Å². The average molecular weight is 280 g/mol. The van der Waals surface area contributed by atoms with E-state index in [0.29, 0.717) is 5.56 Å². The van der Waals surface area contributed by atoms with Gasteiger partial charge in [0.1, 0.15) is 0 Å². The Morgan fingerprint density at radius 2 is 1.95 bits per heavy atom. The van der Waals surface area contributed by atoms with Crippen LogP contribution in [0.5, 0.6) is 0 Å². The molecule has 3 heteroatoms. The molecular formula is C18H20N2O. The molecule has 0 unspecified atom stereocenters. The SMILES string of the molecule is CCc1ccc(NC(=O)c2ccc3c(c2)CCC3)cc1N. The normalized spacial score (nSPS) is 13.0. The van der Waals surface area contributed by atoms with Crippen LogP contribution in [0.25, 0.3) is 0 Å². The number of nitrogens with two attached hydrogens (primary N) is 1. The quantitative estimate of drug-likeness (QED) is 0.844. The number of carbonyl (C=O) groups is 1. The fourth-order valence-electron chi connectivity index (χ4n) is 2.91. The number of aryl methyl sites for hydroxylation is 3. The van der Waals surface area contributed by atoms with Gasteiger partial charge in [0.05, 0.1) is 0 Å². The Hall–Kier alpha value is -2.29. The summed E-state index contributed by atoms with van der Waals surface area (Å²) in [4.78, 5) is 12.3. The Morgan fingerprint density at radius 3 is 2.71 bits per heavy atom. The average Bonchev–Trinajstić information content (AvgIpc) is 2.94. The molecule has 0 bridgehead atoms. The predicted octanol–water partition coefficient (Wildman–Crippen LogP) is 3.57. The van der Waals surface area contributed by atoms with E-state index in [-0.39, 0.29) is 5.91 Å². The van der Waals surface area contributed by atoms with Gasteiger partial charge in [0.15, 0.2) is 0 Å². The fourth-order valence-corrected chi connectivity index (χ4v) is 2.91. The maximum atomic E-state index is 12.3. The molecule has 0 radical (unpaired) electrons. The Morgan fingerprint density at radius 1 is 1.14 bits per heavy atom. The van der Waals surface area contributed by atoms with E-state index in [2.05, 4.69) is 18.3 Å². The Kier molecular flexibility index (Phi) is 3.65. The second-order valence-electron chi connectivity index (χ2n) is 5.56. The summed E-state index contributed by atoms with van der Waals surface area (Å²) in [5, 5.41) is 2.92. The lowest BCUT2D eigenvalue weighted by atomic mass is 10.1. The fraction of sp³-hybridized carbons (Fsp3) is 0.278. The number of hydrogen-bond acceptors (Lipinski definition) is 2. The second-order valence-corrected chi connectivity index (χ2v) is 5.56. The number of fused-ring (bicyclic) bond motifs is 1. The molecule has 0 atom stereocenters. The molecule has 21 heavy (non-hydrogen) atoms. The zero-order valence-electron chi connectivity index (χ0n) is 12.3. The molecule has 0 fully saturated rings. The molecule has 0 spiro atoms. The third-order valence-corrected chi connectivity index (χ3v) is 4.15. The first-order chi connectivity index (χ1) is 10.2. The molecule has 3 nitrogen and oxygen atoms in total. The molecule has 2 aromatic carbocycles. The molecule has 108 valence electrons. The Labute approximate surface area is 125 Å². The Bertz CT molecular complexity index is 692. The highest BCUT2D eigenvalue weighted by Gasteiger charge is 2.14. The van der Waals surface area contributed by atoms with E-state index in [1.807, 2.05) is 30.3 Å². The molecule has 3 rings (SSSR count). The van der Waals surface area contributed by atoms with Gasteiger partial charge in [-0.15, -0.1) is 0 Å². The van der Waals surface area contributed by atoms with E-state index >= 15 is 0 Å². The highest BCUT2D eigenvalue weighted by Crippen LogP contribution is 2.24. The van der Waals surface area contributed by atoms with E-state index in [4.69, 9.17) is 5.73 Å². The van der Waals surface area contributed by atoms with Gasteiger partial charge < -0.3 is 11.1 Å². The van der Waals surface area contributed by atoms with Crippen LogP contribution in [0, 0.1) is 0 Å². The van der Waals surface area contributed by atoms with Crippen molar-refractivity contribution in [2.75, 3.05) is 11.1 Å². The van der Waals surface area contributed by atoms with Gasteiger partial charge in [-0.25, -0.2) is 0 Å². The van der Waals surface area contributed by atoms with Gasteiger partial charge in [0.25, 0.3) is 5.91 Å². The summed E-state index contributed by atoms with van der Waals surface area (Å²) in [6.45, 7) is 2.06. The van der Waals surface area contributed by atoms with Crippen molar-refractivity contribution < 1.29 is 4.79 Å². The van der Waals surface area contributed by atoms with Crippen LogP contribution in [0.2, 0.25) is 0 Å². The van der Waals surface area contributed by atoms with E-state index in [1.54, 1.807) is 0 Å². The molecule has 0 heterocycles. The van der Waals surface area contributed by atoms with Crippen LogP contribution in [-0.4, -0.2) is 5.91 Å². The summed E-state index contributed by atoms with van der Waals surface area (Å²) in [6.07, 6.45) is 4.29. The minimum atomic E-state index is -0.0756. The summed E-state index contributed by atoms with van der Waals surface area (Å²) < 4.78 is 0. The third-order valence-electron chi connectivity index (χ3n) is 4.15. The topological polar surface area (TPSA) is 55.1 Å². The number of rotatable bonds is 3. The lowest BCUT2D eigenvalue weighted by Gasteiger charge is -2.09. The molecule has 0 saturated heterocycles. The second kappa shape index (κ2) is 5.60. The predicted molar refractivity (Wildman–Crippen MR) is 86.7 cm³/mol. The third kappa shape index (κ3) is 2.77. The van der Waals surface area contributed by atoms with Crippen LogP contribution in [0.1, 0.15) is 40.4 Å². The zero-order chi connectivity index (χ0) is 14.8. The summed E-state index contributed by atoms with van der Waals surface area (Å²) >= 11 is 0. The first kappa shape index (κ1) is 13.7. The molecule has 1 amide bonds. The van der Waals surface area contributed by atoms with Crippen molar-refractivity contribution in [3.05, 3.63) is 58.7 Å². The van der Waals surface area contributed by atoms with Crippen molar-refractivity contribution >= 4 is 17.3 Å². The van der Waals surface area contributed by atoms with Gasteiger partial charge in [-0.2, -0.15) is 0 Å². The number of hydrogen-bond donors (Lipinski definition) is 2. The van der Waals surface area contributed by atoms with E-state index in [0.717, 1.165) is 36.2 Å². The summed E-state index contributed by atoms with van der Waals surface area (Å²) in [5.74, 6) is -0.0756. The summed E-state index contributed by atoms with van der Waals surface area (Å²) in [7, 11) is 0. The van der Waals surface area contributed by atoms with Crippen molar-refractivity contribution in [2.24, 2.45) is 0 Å². The first-order valence-electron chi connectivity index (χ1n) is 7.49. The minimum absolute atomic E-state index is 0.0756. The lowest BCUT2D eigenvalue weighted by molar-refractivity contribution is 0.102. The number of carbonyl (C=O) groups excluding carboxylic acids is 1. The number of nitrogen functional groups attached to an aromatic ring is 1. The summed E-state index contributed by atoms with van der Waals surface area (Å²) in [5.41, 5.74) is 11.9.